The van der Waals surface area contributed by atoms with Crippen LogP contribution in [0.3, 0.4) is 0 Å². The predicted octanol–water partition coefficient (Wildman–Crippen LogP) is 0.450. The van der Waals surface area contributed by atoms with Crippen molar-refractivity contribution in [2.75, 3.05) is 0 Å². The van der Waals surface area contributed by atoms with Crippen LogP contribution in [0.5, 0.6) is 0 Å². The molecule has 0 aromatic heterocycles. The quantitative estimate of drug-likeness (QED) is 0.550. The number of benzene rings is 1. The Morgan fingerprint density at radius 3 is 2.43 bits per heavy atom. The Morgan fingerprint density at radius 1 is 1.00 bits per heavy atom. The molecule has 0 saturated heterocycles. The van der Waals surface area contributed by atoms with Gasteiger partial charge in [-0.15, -0.1) is 0 Å². The molecule has 0 spiro atoms. The van der Waals surface area contributed by atoms with Crippen molar-refractivity contribution >= 4 is 10.8 Å². The highest BCUT2D eigenvalue weighted by Crippen LogP contribution is 2.24. The van der Waals surface area contributed by atoms with E-state index in [4.69, 9.17) is 5.41 Å². The summed E-state index contributed by atoms with van der Waals surface area (Å²) in [5, 5.41) is 8.68. The highest BCUT2D eigenvalue weighted by molar-refractivity contribution is 5.99. The molecule has 0 fully saturated rings. The molecule has 1 aromatic carbocycles. The third kappa shape index (κ3) is 0.724. The van der Waals surface area contributed by atoms with Crippen molar-refractivity contribution in [2.24, 2.45) is 0 Å². The molecule has 0 bridgehead atoms. The lowest BCUT2D eigenvalue weighted by atomic mass is 10.2. The topological polar surface area (TPSA) is 66.7 Å². The second-order valence-corrected chi connectivity index (χ2v) is 3.12. The summed E-state index contributed by atoms with van der Waals surface area (Å²) >= 11 is 0. The average molecular weight is 183 g/mol. The molecule has 0 amide bonds. The molecule has 0 atom stereocenters. The van der Waals surface area contributed by atoms with Crippen molar-refractivity contribution in [2.45, 2.75) is 0 Å². The Morgan fingerprint density at radius 2 is 1.64 bits per heavy atom. The fourth-order valence-corrected chi connectivity index (χ4v) is 1.70. The molecule has 4 nitrogen and oxygen atoms in total. The van der Waals surface area contributed by atoms with Gasteiger partial charge in [-0.05, 0) is 0 Å². The zero-order chi connectivity index (χ0) is 9.71. The molecule has 3 rings (SSSR count). The Hall–Kier alpha value is -2.10. The second-order valence-electron chi connectivity index (χ2n) is 3.12. The lowest BCUT2D eigenvalue weighted by Gasteiger charge is -1.85. The summed E-state index contributed by atoms with van der Waals surface area (Å²) in [4.78, 5) is 19.4. The van der Waals surface area contributed by atoms with Crippen LogP contribution in [0.2, 0.25) is 0 Å². The van der Waals surface area contributed by atoms with Crippen molar-refractivity contribution < 1.29 is 0 Å². The Bertz CT molecular complexity index is 679. The highest BCUT2D eigenvalue weighted by atomic mass is 16.1. The van der Waals surface area contributed by atoms with Crippen molar-refractivity contribution in [1.82, 2.24) is 9.97 Å². The maximum absolute atomic E-state index is 11.7. The van der Waals surface area contributed by atoms with Gasteiger partial charge in [0.25, 0.3) is 0 Å². The highest BCUT2D eigenvalue weighted by Gasteiger charge is 2.19. The molecule has 1 aliphatic carbocycles. The maximum Gasteiger partial charge on any atom is 0.243 e. The maximum atomic E-state index is 11.7. The van der Waals surface area contributed by atoms with E-state index < -0.39 is 0 Å². The zero-order valence-electron chi connectivity index (χ0n) is 7.11. The number of imidazole rings is 1. The van der Waals surface area contributed by atoms with Crippen LogP contribution in [0, 0.1) is 5.41 Å². The SMILES string of the molecule is N=c1nc2c(=O)c3ccccc3c-2n1. The van der Waals surface area contributed by atoms with Gasteiger partial charge in [0.1, 0.15) is 11.4 Å². The number of aromatic nitrogens is 2. The van der Waals surface area contributed by atoms with E-state index in [1.807, 2.05) is 18.2 Å². The van der Waals surface area contributed by atoms with Gasteiger partial charge in [0, 0.05) is 10.8 Å². The summed E-state index contributed by atoms with van der Waals surface area (Å²) < 4.78 is 0. The smallest absolute Gasteiger partial charge is 0.243 e. The molecule has 0 radical (unpaired) electrons. The van der Waals surface area contributed by atoms with E-state index in [-0.39, 0.29) is 11.0 Å². The van der Waals surface area contributed by atoms with Crippen LogP contribution in [-0.2, 0) is 0 Å². The Balaban J connectivity index is 2.71. The van der Waals surface area contributed by atoms with E-state index >= 15 is 0 Å². The van der Waals surface area contributed by atoms with Gasteiger partial charge in [0.15, 0.2) is 0 Å². The molecule has 14 heavy (non-hydrogen) atoms. The van der Waals surface area contributed by atoms with Gasteiger partial charge in [0.2, 0.25) is 11.0 Å². The van der Waals surface area contributed by atoms with Gasteiger partial charge >= 0.3 is 0 Å². The van der Waals surface area contributed by atoms with E-state index in [2.05, 4.69) is 9.97 Å². The number of hydrogen-bond donors (Lipinski definition) is 1. The van der Waals surface area contributed by atoms with Gasteiger partial charge in [-0.2, -0.15) is 0 Å². The molecule has 4 heteroatoms. The Labute approximate surface area is 78.4 Å². The Kier molecular flexibility index (Phi) is 1.16. The average Bonchev–Trinajstić information content (AvgIpc) is 2.68. The van der Waals surface area contributed by atoms with E-state index in [0.29, 0.717) is 16.8 Å². The van der Waals surface area contributed by atoms with Gasteiger partial charge < -0.3 is 0 Å². The van der Waals surface area contributed by atoms with E-state index in [0.717, 1.165) is 5.39 Å². The molecule has 1 heterocycles. The summed E-state index contributed by atoms with van der Waals surface area (Å²) in [6.07, 6.45) is 0. The van der Waals surface area contributed by atoms with Crippen LogP contribution in [0.15, 0.2) is 29.1 Å². The summed E-state index contributed by atoms with van der Waals surface area (Å²) in [5.74, 6) is 0. The minimum absolute atomic E-state index is 0.0853. The summed E-state index contributed by atoms with van der Waals surface area (Å²) in [6, 6.07) is 7.24. The van der Waals surface area contributed by atoms with Crippen molar-refractivity contribution in [1.29, 1.82) is 5.41 Å². The molecular formula is C10H5N3O. The lowest BCUT2D eigenvalue weighted by molar-refractivity contribution is 1.05. The predicted molar refractivity (Wildman–Crippen MR) is 50.7 cm³/mol. The lowest BCUT2D eigenvalue weighted by Crippen LogP contribution is -2.03. The molecule has 1 aromatic rings. The van der Waals surface area contributed by atoms with Crippen molar-refractivity contribution in [3.05, 3.63) is 40.1 Å². The standard InChI is InChI=1S/C10H5N3O/c11-10-12-7-5-3-1-2-4-6(5)9(14)8(7)13-10/h1-4,11H. The van der Waals surface area contributed by atoms with Gasteiger partial charge in [-0.25, -0.2) is 9.97 Å². The third-order valence-corrected chi connectivity index (χ3v) is 2.30. The molecule has 66 valence electrons. The number of fused-ring (bicyclic) bond motifs is 3. The molecule has 1 N–H and O–H groups in total. The summed E-state index contributed by atoms with van der Waals surface area (Å²) in [7, 11) is 0. The number of nitrogens with one attached hydrogen (secondary N) is 1. The van der Waals surface area contributed by atoms with Crippen LogP contribution >= 0.6 is 0 Å². The molecule has 2 aliphatic rings. The largest absolute Gasteiger partial charge is 0.287 e. The third-order valence-electron chi connectivity index (χ3n) is 2.30. The molecule has 0 unspecified atom stereocenters. The zero-order valence-corrected chi connectivity index (χ0v) is 7.11. The number of rotatable bonds is 0. The summed E-state index contributed by atoms with van der Waals surface area (Å²) in [6.45, 7) is 0. The van der Waals surface area contributed by atoms with Gasteiger partial charge in [-0.1, -0.05) is 24.3 Å². The first-order chi connectivity index (χ1) is 6.77. The van der Waals surface area contributed by atoms with Crippen LogP contribution in [0.25, 0.3) is 22.2 Å². The van der Waals surface area contributed by atoms with Gasteiger partial charge in [0.05, 0.1) is 0 Å². The van der Waals surface area contributed by atoms with E-state index in [1.165, 1.54) is 0 Å². The van der Waals surface area contributed by atoms with E-state index in [9.17, 15) is 4.79 Å². The number of nitrogens with zero attached hydrogens (tertiary/aromatic N) is 2. The van der Waals surface area contributed by atoms with Crippen molar-refractivity contribution in [3.63, 3.8) is 0 Å². The van der Waals surface area contributed by atoms with Crippen molar-refractivity contribution in [3.8, 4) is 11.4 Å². The van der Waals surface area contributed by atoms with Crippen LogP contribution in [0.1, 0.15) is 0 Å². The molecule has 0 saturated carbocycles. The van der Waals surface area contributed by atoms with Crippen LogP contribution < -0.4 is 11.0 Å². The minimum atomic E-state index is -0.124. The molecular weight excluding hydrogens is 178 g/mol. The fraction of sp³-hybridized carbons (Fsp3) is 0. The monoisotopic (exact) mass is 183 g/mol. The summed E-state index contributed by atoms with van der Waals surface area (Å²) in [5.41, 5.74) is 0.659. The van der Waals surface area contributed by atoms with Crippen LogP contribution in [-0.4, -0.2) is 9.97 Å². The second kappa shape index (κ2) is 2.23. The van der Waals surface area contributed by atoms with E-state index in [1.54, 1.807) is 6.07 Å². The fourth-order valence-electron chi connectivity index (χ4n) is 1.70. The van der Waals surface area contributed by atoms with Gasteiger partial charge in [-0.3, -0.25) is 10.2 Å². The molecule has 1 aliphatic heterocycles. The minimum Gasteiger partial charge on any atom is -0.287 e. The first-order valence-electron chi connectivity index (χ1n) is 4.18. The van der Waals surface area contributed by atoms with Crippen LogP contribution in [0.4, 0.5) is 0 Å². The first-order valence-corrected chi connectivity index (χ1v) is 4.18. The first kappa shape index (κ1) is 7.32. The normalized spacial score (nSPS) is 11.4. The number of hydrogen-bond acceptors (Lipinski definition) is 4.